The van der Waals surface area contributed by atoms with Crippen LogP contribution in [0.1, 0.15) is 17.7 Å². The molecule has 1 N–H and O–H groups in total. The molecule has 0 saturated heterocycles. The first-order chi connectivity index (χ1) is 6.83. The first-order valence-corrected chi connectivity index (χ1v) is 5.37. The topological polar surface area (TPSA) is 52.9 Å². The number of thiophene rings is 1. The van der Waals surface area contributed by atoms with Gasteiger partial charge < -0.3 is 5.32 Å². The first-order valence-electron chi connectivity index (χ1n) is 4.49. The maximum Gasteiger partial charge on any atom is 0.221 e. The SMILES string of the molecule is N#CCCC(=O)NCCc1cccs1. The van der Waals surface area contributed by atoms with Gasteiger partial charge >= 0.3 is 0 Å². The molecule has 1 heterocycles. The second-order valence-corrected chi connectivity index (χ2v) is 3.87. The van der Waals surface area contributed by atoms with Crippen molar-refractivity contribution in [1.82, 2.24) is 5.32 Å². The molecule has 1 rings (SSSR count). The van der Waals surface area contributed by atoms with Gasteiger partial charge in [-0.15, -0.1) is 11.3 Å². The van der Waals surface area contributed by atoms with Crippen LogP contribution in [0.3, 0.4) is 0 Å². The molecular weight excluding hydrogens is 196 g/mol. The van der Waals surface area contributed by atoms with E-state index in [4.69, 9.17) is 5.26 Å². The van der Waals surface area contributed by atoms with Gasteiger partial charge in [0.1, 0.15) is 0 Å². The third-order valence-electron chi connectivity index (χ3n) is 1.74. The predicted octanol–water partition coefficient (Wildman–Crippen LogP) is 1.71. The monoisotopic (exact) mass is 208 g/mol. The highest BCUT2D eigenvalue weighted by Crippen LogP contribution is 2.07. The average Bonchev–Trinajstić information content (AvgIpc) is 2.67. The summed E-state index contributed by atoms with van der Waals surface area (Å²) in [5, 5.41) is 13.1. The highest BCUT2D eigenvalue weighted by molar-refractivity contribution is 7.09. The van der Waals surface area contributed by atoms with Gasteiger partial charge in [0.15, 0.2) is 0 Å². The summed E-state index contributed by atoms with van der Waals surface area (Å²) in [7, 11) is 0. The third kappa shape index (κ3) is 4.06. The van der Waals surface area contributed by atoms with E-state index < -0.39 is 0 Å². The van der Waals surface area contributed by atoms with Crippen LogP contribution in [0.5, 0.6) is 0 Å². The number of nitrogens with one attached hydrogen (secondary N) is 1. The second kappa shape index (κ2) is 6.17. The van der Waals surface area contributed by atoms with Gasteiger partial charge in [0.25, 0.3) is 0 Å². The van der Waals surface area contributed by atoms with Crippen LogP contribution in [0.25, 0.3) is 0 Å². The lowest BCUT2D eigenvalue weighted by Crippen LogP contribution is -2.24. The Morgan fingerprint density at radius 1 is 1.64 bits per heavy atom. The summed E-state index contributed by atoms with van der Waals surface area (Å²) in [6, 6.07) is 5.99. The lowest BCUT2D eigenvalue weighted by atomic mass is 10.3. The summed E-state index contributed by atoms with van der Waals surface area (Å²) < 4.78 is 0. The summed E-state index contributed by atoms with van der Waals surface area (Å²) in [6.45, 7) is 0.658. The van der Waals surface area contributed by atoms with E-state index in [1.807, 2.05) is 23.6 Å². The van der Waals surface area contributed by atoms with Gasteiger partial charge in [0.05, 0.1) is 6.07 Å². The Kier molecular flexibility index (Phi) is 4.73. The molecule has 0 aliphatic carbocycles. The molecule has 0 unspecified atom stereocenters. The molecule has 1 amide bonds. The Morgan fingerprint density at radius 3 is 3.14 bits per heavy atom. The van der Waals surface area contributed by atoms with E-state index >= 15 is 0 Å². The molecule has 0 radical (unpaired) electrons. The lowest BCUT2D eigenvalue weighted by Gasteiger charge is -2.01. The van der Waals surface area contributed by atoms with E-state index in [1.54, 1.807) is 11.3 Å². The zero-order valence-electron chi connectivity index (χ0n) is 7.82. The quantitative estimate of drug-likeness (QED) is 0.800. The van der Waals surface area contributed by atoms with Gasteiger partial charge in [-0.25, -0.2) is 0 Å². The standard InChI is InChI=1S/C10H12N2OS/c11-6-1-4-10(13)12-7-5-9-3-2-8-14-9/h2-3,8H,1,4-5,7H2,(H,12,13). The number of carbonyl (C=O) groups is 1. The van der Waals surface area contributed by atoms with E-state index in [1.165, 1.54) is 4.88 Å². The number of hydrogen-bond acceptors (Lipinski definition) is 3. The summed E-state index contributed by atoms with van der Waals surface area (Å²) in [5.74, 6) is -0.0388. The van der Waals surface area contributed by atoms with Crippen molar-refractivity contribution in [2.24, 2.45) is 0 Å². The van der Waals surface area contributed by atoms with E-state index in [2.05, 4.69) is 5.32 Å². The van der Waals surface area contributed by atoms with Crippen LogP contribution in [0, 0.1) is 11.3 Å². The summed E-state index contributed by atoms with van der Waals surface area (Å²) >= 11 is 1.69. The molecule has 4 heteroatoms. The van der Waals surface area contributed by atoms with Crippen LogP contribution < -0.4 is 5.32 Å². The Labute approximate surface area is 87.4 Å². The smallest absolute Gasteiger partial charge is 0.221 e. The molecule has 0 fully saturated rings. The van der Waals surface area contributed by atoms with Crippen molar-refractivity contribution < 1.29 is 4.79 Å². The molecule has 1 aromatic heterocycles. The molecule has 3 nitrogen and oxygen atoms in total. The third-order valence-corrected chi connectivity index (χ3v) is 2.67. The van der Waals surface area contributed by atoms with E-state index in [0.717, 1.165) is 6.42 Å². The molecule has 0 bridgehead atoms. The largest absolute Gasteiger partial charge is 0.356 e. The van der Waals surface area contributed by atoms with Crippen molar-refractivity contribution in [2.75, 3.05) is 6.54 Å². The molecule has 0 aromatic carbocycles. The molecule has 74 valence electrons. The van der Waals surface area contributed by atoms with E-state index in [9.17, 15) is 4.79 Å². The second-order valence-electron chi connectivity index (χ2n) is 2.84. The van der Waals surface area contributed by atoms with Crippen molar-refractivity contribution in [3.05, 3.63) is 22.4 Å². The minimum absolute atomic E-state index is 0.0388. The molecule has 0 aliphatic rings. The summed E-state index contributed by atoms with van der Waals surface area (Å²) in [4.78, 5) is 12.3. The minimum atomic E-state index is -0.0388. The Hall–Kier alpha value is -1.34. The summed E-state index contributed by atoms with van der Waals surface area (Å²) in [6.07, 6.45) is 1.47. The van der Waals surface area contributed by atoms with Crippen LogP contribution in [0.2, 0.25) is 0 Å². The molecule has 0 atom stereocenters. The predicted molar refractivity (Wildman–Crippen MR) is 55.9 cm³/mol. The fraction of sp³-hybridized carbons (Fsp3) is 0.400. The van der Waals surface area contributed by atoms with Crippen LogP contribution >= 0.6 is 11.3 Å². The van der Waals surface area contributed by atoms with Gasteiger partial charge in [0.2, 0.25) is 5.91 Å². The Morgan fingerprint density at radius 2 is 2.50 bits per heavy atom. The average molecular weight is 208 g/mol. The van der Waals surface area contributed by atoms with Crippen LogP contribution in [0.4, 0.5) is 0 Å². The fourth-order valence-electron chi connectivity index (χ4n) is 1.04. The van der Waals surface area contributed by atoms with Crippen molar-refractivity contribution in [3.63, 3.8) is 0 Å². The van der Waals surface area contributed by atoms with Gasteiger partial charge in [0, 0.05) is 24.3 Å². The Balaban J connectivity index is 2.10. The van der Waals surface area contributed by atoms with Gasteiger partial charge in [-0.2, -0.15) is 5.26 Å². The number of amides is 1. The normalized spacial score (nSPS) is 9.36. The van der Waals surface area contributed by atoms with E-state index in [-0.39, 0.29) is 5.91 Å². The molecule has 0 spiro atoms. The number of carbonyl (C=O) groups excluding carboxylic acids is 1. The van der Waals surface area contributed by atoms with Crippen molar-refractivity contribution in [2.45, 2.75) is 19.3 Å². The number of rotatable bonds is 5. The molecule has 0 saturated carbocycles. The number of hydrogen-bond donors (Lipinski definition) is 1. The van der Waals surface area contributed by atoms with Crippen molar-refractivity contribution in [3.8, 4) is 6.07 Å². The highest BCUT2D eigenvalue weighted by atomic mass is 32.1. The molecular formula is C10H12N2OS. The number of nitriles is 1. The molecule has 0 aliphatic heterocycles. The van der Waals surface area contributed by atoms with Crippen LogP contribution in [-0.4, -0.2) is 12.5 Å². The zero-order valence-corrected chi connectivity index (χ0v) is 8.64. The minimum Gasteiger partial charge on any atom is -0.356 e. The first kappa shape index (κ1) is 10.7. The highest BCUT2D eigenvalue weighted by Gasteiger charge is 1.99. The molecule has 14 heavy (non-hydrogen) atoms. The van der Waals surface area contributed by atoms with Crippen LogP contribution in [-0.2, 0) is 11.2 Å². The Bertz CT molecular complexity index is 313. The maximum atomic E-state index is 11.1. The zero-order chi connectivity index (χ0) is 10.2. The fourth-order valence-corrected chi connectivity index (χ4v) is 1.75. The van der Waals surface area contributed by atoms with Crippen molar-refractivity contribution in [1.29, 1.82) is 5.26 Å². The van der Waals surface area contributed by atoms with Gasteiger partial charge in [-0.3, -0.25) is 4.79 Å². The summed E-state index contributed by atoms with van der Waals surface area (Å²) in [5.41, 5.74) is 0. The molecule has 1 aromatic rings. The van der Waals surface area contributed by atoms with Crippen molar-refractivity contribution >= 4 is 17.2 Å². The van der Waals surface area contributed by atoms with E-state index in [0.29, 0.717) is 19.4 Å². The van der Waals surface area contributed by atoms with Gasteiger partial charge in [-0.1, -0.05) is 6.07 Å². The number of nitrogens with zero attached hydrogens (tertiary/aromatic N) is 1. The maximum absolute atomic E-state index is 11.1. The lowest BCUT2D eigenvalue weighted by molar-refractivity contribution is -0.120. The van der Waals surface area contributed by atoms with Crippen LogP contribution in [0.15, 0.2) is 17.5 Å². The van der Waals surface area contributed by atoms with Gasteiger partial charge in [-0.05, 0) is 17.9 Å².